The summed E-state index contributed by atoms with van der Waals surface area (Å²) in [5.74, 6) is -0.900. The van der Waals surface area contributed by atoms with Crippen molar-refractivity contribution in [3.8, 4) is 5.88 Å². The number of nitrogens with one attached hydrogen (secondary N) is 1. The lowest BCUT2D eigenvalue weighted by molar-refractivity contribution is -0.133. The molecule has 0 spiro atoms. The van der Waals surface area contributed by atoms with E-state index < -0.39 is 17.1 Å². The first-order chi connectivity index (χ1) is 14.0. The lowest BCUT2D eigenvalue weighted by Crippen LogP contribution is -2.46. The highest BCUT2D eigenvalue weighted by molar-refractivity contribution is 5.79. The van der Waals surface area contributed by atoms with Gasteiger partial charge in [-0.15, -0.1) is 0 Å². The number of hydrogen-bond donors (Lipinski definition) is 1. The fourth-order valence-corrected chi connectivity index (χ4v) is 3.42. The van der Waals surface area contributed by atoms with Gasteiger partial charge in [-0.3, -0.25) is 14.2 Å². The van der Waals surface area contributed by atoms with Crippen molar-refractivity contribution in [2.45, 2.75) is 25.5 Å². The number of piperidine rings is 1. The zero-order valence-electron chi connectivity index (χ0n) is 15.5. The smallest absolute Gasteiger partial charge is 0.329 e. The van der Waals surface area contributed by atoms with Crippen LogP contribution < -0.4 is 16.0 Å². The Bertz CT molecular complexity index is 1160. The molecular formula is C20H19FN4O4. The lowest BCUT2D eigenvalue weighted by atomic mass is 10.1. The molecule has 29 heavy (non-hydrogen) atoms. The van der Waals surface area contributed by atoms with Gasteiger partial charge in [0.2, 0.25) is 5.91 Å². The van der Waals surface area contributed by atoms with Crippen molar-refractivity contribution in [3.63, 3.8) is 0 Å². The summed E-state index contributed by atoms with van der Waals surface area (Å²) in [5, 5.41) is 0.351. The van der Waals surface area contributed by atoms with E-state index in [4.69, 9.17) is 4.74 Å². The van der Waals surface area contributed by atoms with Crippen LogP contribution in [0.2, 0.25) is 0 Å². The van der Waals surface area contributed by atoms with Crippen molar-refractivity contribution in [2.75, 3.05) is 13.1 Å². The predicted octanol–water partition coefficient (Wildman–Crippen LogP) is 1.29. The number of fused-ring (bicyclic) bond motifs is 1. The van der Waals surface area contributed by atoms with Crippen molar-refractivity contribution >= 4 is 16.8 Å². The molecular weight excluding hydrogens is 379 g/mol. The number of carbonyl (C=O) groups is 1. The highest BCUT2D eigenvalue weighted by atomic mass is 19.1. The third kappa shape index (κ3) is 3.89. The zero-order chi connectivity index (χ0) is 20.4. The number of H-pyrrole nitrogens is 1. The van der Waals surface area contributed by atoms with Crippen molar-refractivity contribution in [2.24, 2.45) is 0 Å². The molecule has 0 radical (unpaired) electrons. The van der Waals surface area contributed by atoms with E-state index in [1.54, 1.807) is 29.2 Å². The molecule has 1 aliphatic rings. The summed E-state index contributed by atoms with van der Waals surface area (Å²) in [7, 11) is 0. The highest BCUT2D eigenvalue weighted by Crippen LogP contribution is 2.19. The molecule has 8 nitrogen and oxygen atoms in total. The Balaban J connectivity index is 1.42. The van der Waals surface area contributed by atoms with E-state index in [9.17, 15) is 18.8 Å². The van der Waals surface area contributed by atoms with Crippen LogP contribution in [0.3, 0.4) is 0 Å². The zero-order valence-corrected chi connectivity index (χ0v) is 15.5. The van der Waals surface area contributed by atoms with E-state index in [0.29, 0.717) is 36.8 Å². The SMILES string of the molecule is O=C(Cn1c(=O)[nH]c2ccccc2c1=O)N1CCC(Oc2ncccc2F)CC1. The van der Waals surface area contributed by atoms with Crippen molar-refractivity contribution in [3.05, 3.63) is 69.3 Å². The summed E-state index contributed by atoms with van der Waals surface area (Å²) in [6.45, 7) is 0.440. The molecule has 0 bridgehead atoms. The van der Waals surface area contributed by atoms with Gasteiger partial charge in [-0.25, -0.2) is 14.2 Å². The number of ether oxygens (including phenoxy) is 1. The molecule has 1 aliphatic heterocycles. The standard InChI is InChI=1S/C20H19FN4O4/c21-15-5-3-9-22-18(15)29-13-7-10-24(11-8-13)17(26)12-25-19(27)14-4-1-2-6-16(14)23-20(25)28/h1-6,9,13H,7-8,10-12H2,(H,23,28). The highest BCUT2D eigenvalue weighted by Gasteiger charge is 2.25. The first kappa shape index (κ1) is 18.9. The van der Waals surface area contributed by atoms with Gasteiger partial charge in [0, 0.05) is 32.1 Å². The number of likely N-dealkylation sites (tertiary alicyclic amines) is 1. The number of rotatable bonds is 4. The van der Waals surface area contributed by atoms with Crippen LogP contribution in [-0.2, 0) is 11.3 Å². The second-order valence-corrected chi connectivity index (χ2v) is 6.86. The second-order valence-electron chi connectivity index (χ2n) is 6.86. The first-order valence-corrected chi connectivity index (χ1v) is 9.30. The van der Waals surface area contributed by atoms with Gasteiger partial charge in [0.1, 0.15) is 12.6 Å². The minimum atomic E-state index is -0.620. The Morgan fingerprint density at radius 1 is 1.17 bits per heavy atom. The maximum atomic E-state index is 13.7. The molecule has 0 saturated carbocycles. The minimum Gasteiger partial charge on any atom is -0.472 e. The van der Waals surface area contributed by atoms with Crippen LogP contribution in [0, 0.1) is 5.82 Å². The molecule has 1 aromatic carbocycles. The maximum absolute atomic E-state index is 13.7. The summed E-state index contributed by atoms with van der Waals surface area (Å²) < 4.78 is 20.2. The monoisotopic (exact) mass is 398 g/mol. The Morgan fingerprint density at radius 3 is 2.69 bits per heavy atom. The Hall–Kier alpha value is -3.49. The lowest BCUT2D eigenvalue weighted by Gasteiger charge is -2.32. The minimum absolute atomic E-state index is 0.0495. The molecule has 0 aliphatic carbocycles. The fourth-order valence-electron chi connectivity index (χ4n) is 3.42. The fraction of sp³-hybridized carbons (Fsp3) is 0.300. The van der Waals surface area contributed by atoms with Crippen LogP contribution >= 0.6 is 0 Å². The van der Waals surface area contributed by atoms with Crippen molar-refractivity contribution < 1.29 is 13.9 Å². The number of amides is 1. The molecule has 3 aromatic rings. The number of pyridine rings is 1. The Labute approximate surface area is 164 Å². The van der Waals surface area contributed by atoms with Crippen LogP contribution in [0.25, 0.3) is 10.9 Å². The number of nitrogens with zero attached hydrogens (tertiary/aromatic N) is 3. The van der Waals surface area contributed by atoms with Gasteiger partial charge in [-0.1, -0.05) is 12.1 Å². The van der Waals surface area contributed by atoms with Crippen molar-refractivity contribution in [1.82, 2.24) is 19.4 Å². The van der Waals surface area contributed by atoms with Gasteiger partial charge in [0.05, 0.1) is 10.9 Å². The van der Waals surface area contributed by atoms with E-state index in [2.05, 4.69) is 9.97 Å². The molecule has 150 valence electrons. The van der Waals surface area contributed by atoms with E-state index in [-0.39, 0.29) is 24.4 Å². The third-order valence-corrected chi connectivity index (χ3v) is 4.98. The number of carbonyl (C=O) groups excluding carboxylic acids is 1. The summed E-state index contributed by atoms with van der Waals surface area (Å²) in [4.78, 5) is 45.5. The quantitative estimate of drug-likeness (QED) is 0.714. The van der Waals surface area contributed by atoms with Crippen LogP contribution in [0.4, 0.5) is 4.39 Å². The molecule has 4 rings (SSSR count). The van der Waals surface area contributed by atoms with Crippen LogP contribution in [0.15, 0.2) is 52.2 Å². The number of hydrogen-bond acceptors (Lipinski definition) is 5. The molecule has 0 unspecified atom stereocenters. The number of para-hydroxylation sites is 1. The number of aromatic nitrogens is 3. The summed E-state index contributed by atoms with van der Waals surface area (Å²) in [6.07, 6.45) is 2.21. The average Bonchev–Trinajstić information content (AvgIpc) is 2.73. The molecule has 0 atom stereocenters. The van der Waals surface area contributed by atoms with E-state index >= 15 is 0 Å². The van der Waals surface area contributed by atoms with Gasteiger partial charge in [-0.2, -0.15) is 0 Å². The summed E-state index contributed by atoms with van der Waals surface area (Å²) >= 11 is 0. The van der Waals surface area contributed by atoms with Crippen LogP contribution in [-0.4, -0.2) is 44.5 Å². The first-order valence-electron chi connectivity index (χ1n) is 9.30. The van der Waals surface area contributed by atoms with Gasteiger partial charge in [-0.05, 0) is 24.3 Å². The molecule has 1 N–H and O–H groups in total. The Kier molecular flexibility index (Phi) is 5.11. The molecule has 9 heteroatoms. The van der Waals surface area contributed by atoms with Gasteiger partial charge in [0.25, 0.3) is 11.4 Å². The molecule has 1 saturated heterocycles. The van der Waals surface area contributed by atoms with E-state index in [1.165, 1.54) is 18.3 Å². The summed E-state index contributed by atoms with van der Waals surface area (Å²) in [6, 6.07) is 9.42. The van der Waals surface area contributed by atoms with E-state index in [1.807, 2.05) is 0 Å². The molecule has 3 heterocycles. The average molecular weight is 398 g/mol. The normalized spacial score (nSPS) is 14.9. The van der Waals surface area contributed by atoms with Gasteiger partial charge >= 0.3 is 5.69 Å². The predicted molar refractivity (Wildman–Crippen MR) is 103 cm³/mol. The van der Waals surface area contributed by atoms with Crippen LogP contribution in [0.1, 0.15) is 12.8 Å². The van der Waals surface area contributed by atoms with E-state index in [0.717, 1.165) is 4.57 Å². The Morgan fingerprint density at radius 2 is 1.93 bits per heavy atom. The number of halogens is 1. The second kappa shape index (κ2) is 7.86. The van der Waals surface area contributed by atoms with Gasteiger partial charge in [0.15, 0.2) is 5.82 Å². The molecule has 2 aromatic heterocycles. The topological polar surface area (TPSA) is 97.3 Å². The largest absolute Gasteiger partial charge is 0.472 e. The van der Waals surface area contributed by atoms with Gasteiger partial charge < -0.3 is 14.6 Å². The van der Waals surface area contributed by atoms with Crippen LogP contribution in [0.5, 0.6) is 5.88 Å². The molecule has 1 fully saturated rings. The van der Waals surface area contributed by atoms with Crippen molar-refractivity contribution in [1.29, 1.82) is 0 Å². The maximum Gasteiger partial charge on any atom is 0.329 e. The molecule has 1 amide bonds. The third-order valence-electron chi connectivity index (χ3n) is 4.98. The number of benzene rings is 1. The number of aromatic amines is 1. The summed E-state index contributed by atoms with van der Waals surface area (Å²) in [5.41, 5.74) is -0.682.